The lowest BCUT2D eigenvalue weighted by Crippen LogP contribution is -2.16. The molecule has 0 unspecified atom stereocenters. The third kappa shape index (κ3) is 3.93. The van der Waals surface area contributed by atoms with Crippen LogP contribution in [-0.2, 0) is 4.79 Å². The molecule has 0 aliphatic carbocycles. The van der Waals surface area contributed by atoms with Crippen molar-refractivity contribution in [1.29, 1.82) is 0 Å². The lowest BCUT2D eigenvalue weighted by atomic mass is 10.2. The van der Waals surface area contributed by atoms with Crippen molar-refractivity contribution >= 4 is 46.4 Å². The second-order valence-electron chi connectivity index (χ2n) is 5.39. The van der Waals surface area contributed by atoms with Gasteiger partial charge < -0.3 is 15.2 Å². The number of aromatic hydroxyl groups is 1. The molecule has 0 aromatic heterocycles. The summed E-state index contributed by atoms with van der Waals surface area (Å²) in [5.41, 5.74) is 1.25. The average molecular weight is 413 g/mol. The minimum atomic E-state index is -0.379. The van der Waals surface area contributed by atoms with Gasteiger partial charge in [-0.1, -0.05) is 34.8 Å². The molecular formula is C17H12Cl3N3O3. The van der Waals surface area contributed by atoms with Gasteiger partial charge in [0.15, 0.2) is 11.5 Å². The molecule has 0 fully saturated rings. The fourth-order valence-electron chi connectivity index (χ4n) is 2.22. The van der Waals surface area contributed by atoms with Gasteiger partial charge in [0.2, 0.25) is 0 Å². The largest absolute Gasteiger partial charge is 0.504 e. The Balaban J connectivity index is 1.87. The second kappa shape index (κ2) is 7.53. The quantitative estimate of drug-likeness (QED) is 0.620. The van der Waals surface area contributed by atoms with Crippen molar-refractivity contribution < 1.29 is 14.6 Å². The van der Waals surface area contributed by atoms with Gasteiger partial charge >= 0.3 is 0 Å². The molecule has 3 rings (SSSR count). The fraction of sp³-hybridized carbons (Fsp3) is 0.118. The smallest absolute Gasteiger partial charge is 0.255 e. The Morgan fingerprint density at radius 2 is 1.92 bits per heavy atom. The van der Waals surface area contributed by atoms with Gasteiger partial charge in [0, 0.05) is 17.2 Å². The Bertz CT molecular complexity index is 958. The van der Waals surface area contributed by atoms with E-state index >= 15 is 0 Å². The molecule has 0 atom stereocenters. The number of allylic oxidation sites excluding steroid dienone is 1. The second-order valence-corrected chi connectivity index (χ2v) is 6.65. The molecule has 0 radical (unpaired) electrons. The Morgan fingerprint density at radius 3 is 2.58 bits per heavy atom. The Hall–Kier alpha value is -2.28. The van der Waals surface area contributed by atoms with E-state index in [1.54, 1.807) is 19.1 Å². The number of halogens is 3. The number of hydrogen-bond acceptors (Lipinski definition) is 5. The molecule has 134 valence electrons. The first-order chi connectivity index (χ1) is 12.3. The first kappa shape index (κ1) is 18.5. The van der Waals surface area contributed by atoms with Gasteiger partial charge in [0.05, 0.1) is 33.5 Å². The number of phenols is 1. The highest BCUT2D eigenvalue weighted by molar-refractivity contribution is 6.35. The molecule has 0 saturated heterocycles. The molecule has 9 heteroatoms. The molecule has 1 heterocycles. The normalized spacial score (nSPS) is 13.2. The predicted octanol–water partition coefficient (Wildman–Crippen LogP) is 5.82. The van der Waals surface area contributed by atoms with E-state index < -0.39 is 0 Å². The summed E-state index contributed by atoms with van der Waals surface area (Å²) >= 11 is 18.0. The van der Waals surface area contributed by atoms with E-state index in [2.05, 4.69) is 15.5 Å². The topological polar surface area (TPSA) is 83.3 Å². The summed E-state index contributed by atoms with van der Waals surface area (Å²) in [5, 5.41) is 21.2. The standard InChI is InChI=1S/C17H12Cl3N3O3/c1-8-10(7-21-23-8)17(25)22-13-6-16(14(24)5-11(13)19)26-15-3-2-9(18)4-12(15)20/h2-6,24H,7H2,1H3,(H,22,25). The highest BCUT2D eigenvalue weighted by atomic mass is 35.5. The van der Waals surface area contributed by atoms with E-state index in [1.807, 2.05) is 0 Å². The van der Waals surface area contributed by atoms with Crippen LogP contribution in [0.1, 0.15) is 6.92 Å². The number of ether oxygens (including phenoxy) is 1. The van der Waals surface area contributed by atoms with Crippen LogP contribution >= 0.6 is 34.8 Å². The number of azo groups is 1. The van der Waals surface area contributed by atoms with Crippen molar-refractivity contribution in [3.05, 3.63) is 56.7 Å². The van der Waals surface area contributed by atoms with Gasteiger partial charge in [0.1, 0.15) is 5.75 Å². The third-order valence-electron chi connectivity index (χ3n) is 3.57. The van der Waals surface area contributed by atoms with Crippen LogP contribution in [0.5, 0.6) is 17.2 Å². The average Bonchev–Trinajstić information content (AvgIpc) is 3.00. The van der Waals surface area contributed by atoms with Gasteiger partial charge in [-0.3, -0.25) is 4.79 Å². The maximum absolute atomic E-state index is 12.3. The van der Waals surface area contributed by atoms with Gasteiger partial charge in [-0.15, -0.1) is 0 Å². The Labute approximate surface area is 164 Å². The summed E-state index contributed by atoms with van der Waals surface area (Å²) in [7, 11) is 0. The zero-order valence-electron chi connectivity index (χ0n) is 13.4. The van der Waals surface area contributed by atoms with Crippen molar-refractivity contribution in [2.45, 2.75) is 6.92 Å². The summed E-state index contributed by atoms with van der Waals surface area (Å²) in [5.74, 6) is -0.228. The van der Waals surface area contributed by atoms with Gasteiger partial charge in [-0.2, -0.15) is 10.2 Å². The number of phenolic OH excluding ortho intramolecular Hbond substituents is 1. The summed E-state index contributed by atoms with van der Waals surface area (Å²) in [6, 6.07) is 7.34. The first-order valence-electron chi connectivity index (χ1n) is 7.39. The number of benzene rings is 2. The van der Waals surface area contributed by atoms with Gasteiger partial charge in [-0.25, -0.2) is 0 Å². The number of nitrogens with one attached hydrogen (secondary N) is 1. The number of carbonyl (C=O) groups excluding carboxylic acids is 1. The van der Waals surface area contributed by atoms with E-state index in [1.165, 1.54) is 18.2 Å². The Kier molecular flexibility index (Phi) is 5.36. The van der Waals surface area contributed by atoms with Crippen LogP contribution in [0, 0.1) is 0 Å². The molecule has 2 N–H and O–H groups in total. The number of rotatable bonds is 4. The van der Waals surface area contributed by atoms with E-state index in [4.69, 9.17) is 39.5 Å². The van der Waals surface area contributed by atoms with Gasteiger partial charge in [0.25, 0.3) is 5.91 Å². The summed E-state index contributed by atoms with van der Waals surface area (Å²) < 4.78 is 5.62. The lowest BCUT2D eigenvalue weighted by molar-refractivity contribution is -0.112. The molecule has 0 bridgehead atoms. The lowest BCUT2D eigenvalue weighted by Gasteiger charge is -2.13. The number of amides is 1. The van der Waals surface area contributed by atoms with Crippen LogP contribution < -0.4 is 10.1 Å². The molecule has 1 aliphatic rings. The van der Waals surface area contributed by atoms with Crippen molar-refractivity contribution in [3.63, 3.8) is 0 Å². The van der Waals surface area contributed by atoms with Crippen molar-refractivity contribution in [3.8, 4) is 17.2 Å². The third-order valence-corrected chi connectivity index (χ3v) is 4.41. The minimum absolute atomic E-state index is 0.0698. The van der Waals surface area contributed by atoms with E-state index in [0.29, 0.717) is 16.3 Å². The van der Waals surface area contributed by atoms with Crippen molar-refractivity contribution in [2.75, 3.05) is 11.9 Å². The molecule has 1 amide bonds. The molecular weight excluding hydrogens is 401 g/mol. The number of hydrogen-bond donors (Lipinski definition) is 2. The Morgan fingerprint density at radius 1 is 1.15 bits per heavy atom. The highest BCUT2D eigenvalue weighted by Gasteiger charge is 2.19. The molecule has 2 aromatic rings. The molecule has 0 saturated carbocycles. The van der Waals surface area contributed by atoms with Crippen LogP contribution in [0.15, 0.2) is 51.8 Å². The summed E-state index contributed by atoms with van der Waals surface area (Å²) in [6.07, 6.45) is 0. The zero-order valence-corrected chi connectivity index (χ0v) is 15.7. The maximum Gasteiger partial charge on any atom is 0.255 e. The molecule has 0 spiro atoms. The molecule has 6 nitrogen and oxygen atoms in total. The van der Waals surface area contributed by atoms with E-state index in [0.717, 1.165) is 0 Å². The van der Waals surface area contributed by atoms with Crippen LogP contribution in [0.2, 0.25) is 15.1 Å². The number of nitrogens with zero attached hydrogens (tertiary/aromatic N) is 2. The monoisotopic (exact) mass is 411 g/mol. The maximum atomic E-state index is 12.3. The van der Waals surface area contributed by atoms with Gasteiger partial charge in [-0.05, 0) is 25.1 Å². The summed E-state index contributed by atoms with van der Waals surface area (Å²) in [4.78, 5) is 12.3. The zero-order chi connectivity index (χ0) is 18.8. The first-order valence-corrected chi connectivity index (χ1v) is 8.52. The van der Waals surface area contributed by atoms with Crippen molar-refractivity contribution in [1.82, 2.24) is 0 Å². The van der Waals surface area contributed by atoms with E-state index in [-0.39, 0.29) is 45.4 Å². The predicted molar refractivity (Wildman–Crippen MR) is 101 cm³/mol. The SMILES string of the molecule is CC1=C(C(=O)Nc2cc(Oc3ccc(Cl)cc3Cl)c(O)cc2Cl)CN=N1. The van der Waals surface area contributed by atoms with Crippen molar-refractivity contribution in [2.24, 2.45) is 10.2 Å². The number of carbonyl (C=O) groups is 1. The van der Waals surface area contributed by atoms with E-state index in [9.17, 15) is 9.90 Å². The molecule has 1 aliphatic heterocycles. The van der Waals surface area contributed by atoms with Crippen LogP contribution in [0.4, 0.5) is 5.69 Å². The molecule has 2 aromatic carbocycles. The van der Waals surface area contributed by atoms with Crippen LogP contribution in [0.3, 0.4) is 0 Å². The van der Waals surface area contributed by atoms with Crippen LogP contribution in [-0.4, -0.2) is 17.6 Å². The minimum Gasteiger partial charge on any atom is -0.504 e. The molecule has 26 heavy (non-hydrogen) atoms. The summed E-state index contributed by atoms with van der Waals surface area (Å²) in [6.45, 7) is 1.90. The fourth-order valence-corrected chi connectivity index (χ4v) is 2.87. The highest BCUT2D eigenvalue weighted by Crippen LogP contribution is 2.40. The van der Waals surface area contributed by atoms with Crippen LogP contribution in [0.25, 0.3) is 0 Å². The number of anilines is 1.